The van der Waals surface area contributed by atoms with Gasteiger partial charge in [0.25, 0.3) is 0 Å². The fourth-order valence-corrected chi connectivity index (χ4v) is 1.76. The molecule has 3 heteroatoms. The van der Waals surface area contributed by atoms with Crippen LogP contribution in [-0.4, -0.2) is 0 Å². The Kier molecular flexibility index (Phi) is 2.37. The van der Waals surface area contributed by atoms with E-state index in [4.69, 9.17) is 5.73 Å². The summed E-state index contributed by atoms with van der Waals surface area (Å²) in [5.41, 5.74) is 6.43. The highest BCUT2D eigenvalue weighted by Crippen LogP contribution is 2.20. The highest BCUT2D eigenvalue weighted by Gasteiger charge is 1.92. The van der Waals surface area contributed by atoms with Crippen LogP contribution in [0, 0.1) is 0 Å². The predicted octanol–water partition coefficient (Wildman–Crippen LogP) is 2.91. The third-order valence-corrected chi connectivity index (χ3v) is 2.28. The number of hydrogen-bond donors (Lipinski definition) is 1. The average molecular weight is 186 g/mol. The van der Waals surface area contributed by atoms with Crippen molar-refractivity contribution in [3.63, 3.8) is 0 Å². The molecule has 2 N–H and O–H groups in total. The van der Waals surface area contributed by atoms with Gasteiger partial charge in [-0.05, 0) is 33.7 Å². The minimum atomic E-state index is 0. The lowest BCUT2D eigenvalue weighted by molar-refractivity contribution is 1.78. The summed E-state index contributed by atoms with van der Waals surface area (Å²) in [6.07, 6.45) is 0. The van der Waals surface area contributed by atoms with E-state index in [-0.39, 0.29) is 12.4 Å². The molecule has 0 amide bonds. The van der Waals surface area contributed by atoms with E-state index in [0.717, 1.165) is 5.69 Å². The molecule has 0 radical (unpaired) electrons. The minimum absolute atomic E-state index is 0. The van der Waals surface area contributed by atoms with Gasteiger partial charge in [-0.3, -0.25) is 0 Å². The van der Waals surface area contributed by atoms with Crippen LogP contribution in [0.1, 0.15) is 0 Å². The Labute approximate surface area is 75.2 Å². The largest absolute Gasteiger partial charge is 0.399 e. The Balaban J connectivity index is 0.000000605. The van der Waals surface area contributed by atoms with Crippen LogP contribution in [0.4, 0.5) is 5.69 Å². The number of nitrogens with two attached hydrogens (primary N) is 1. The fourth-order valence-electron chi connectivity index (χ4n) is 0.983. The van der Waals surface area contributed by atoms with E-state index in [1.165, 1.54) is 10.8 Å². The molecule has 0 saturated carbocycles. The monoisotopic (exact) mass is 185 g/mol. The molecule has 2 rings (SSSR count). The number of rotatable bonds is 0. The van der Waals surface area contributed by atoms with Gasteiger partial charge >= 0.3 is 0 Å². The molecule has 0 atom stereocenters. The molecule has 0 aliphatic rings. The van der Waals surface area contributed by atoms with E-state index in [2.05, 4.69) is 10.8 Å². The van der Waals surface area contributed by atoms with Crippen molar-refractivity contribution < 1.29 is 0 Å². The first-order chi connectivity index (χ1) is 4.86. The van der Waals surface area contributed by atoms with Crippen LogP contribution in [-0.2, 0) is 0 Å². The van der Waals surface area contributed by atoms with Crippen molar-refractivity contribution in [2.24, 2.45) is 0 Å². The highest BCUT2D eigenvalue weighted by molar-refractivity contribution is 7.09. The van der Waals surface area contributed by atoms with Crippen LogP contribution in [0.5, 0.6) is 0 Å². The van der Waals surface area contributed by atoms with Gasteiger partial charge in [0, 0.05) is 5.69 Å². The minimum Gasteiger partial charge on any atom is -0.399 e. The maximum atomic E-state index is 5.59. The van der Waals surface area contributed by atoms with Gasteiger partial charge in [0.15, 0.2) is 0 Å². The molecular weight excluding hydrogens is 178 g/mol. The fraction of sp³-hybridized carbons (Fsp3) is 0. The maximum absolute atomic E-state index is 5.59. The standard InChI is InChI=1S/C8H7NS.ClH/c9-8-2-1-6-4-10-5-7(6)3-8;/h1-5H,9H2;1H. The van der Waals surface area contributed by atoms with Crippen molar-refractivity contribution in [2.75, 3.05) is 5.73 Å². The zero-order valence-electron chi connectivity index (χ0n) is 5.78. The van der Waals surface area contributed by atoms with Crippen molar-refractivity contribution in [3.8, 4) is 0 Å². The molecule has 11 heavy (non-hydrogen) atoms. The molecule has 0 fully saturated rings. The molecule has 0 aliphatic carbocycles. The number of hydrogen-bond acceptors (Lipinski definition) is 2. The van der Waals surface area contributed by atoms with Gasteiger partial charge < -0.3 is 5.73 Å². The van der Waals surface area contributed by atoms with Gasteiger partial charge in [0.2, 0.25) is 0 Å². The molecule has 0 bridgehead atoms. The van der Waals surface area contributed by atoms with Gasteiger partial charge in [0.1, 0.15) is 0 Å². The molecule has 2 aromatic rings. The number of halogens is 1. The number of fused-ring (bicyclic) bond motifs is 1. The summed E-state index contributed by atoms with van der Waals surface area (Å²) in [5, 5.41) is 6.74. The Morgan fingerprint density at radius 1 is 1.09 bits per heavy atom. The van der Waals surface area contributed by atoms with E-state index in [1.807, 2.05) is 18.2 Å². The molecule has 1 aromatic carbocycles. The summed E-state index contributed by atoms with van der Waals surface area (Å²) in [5.74, 6) is 0. The third kappa shape index (κ3) is 1.47. The lowest BCUT2D eigenvalue weighted by Crippen LogP contribution is -1.80. The van der Waals surface area contributed by atoms with E-state index >= 15 is 0 Å². The van der Waals surface area contributed by atoms with E-state index in [1.54, 1.807) is 11.3 Å². The third-order valence-electron chi connectivity index (χ3n) is 1.50. The summed E-state index contributed by atoms with van der Waals surface area (Å²) < 4.78 is 0. The van der Waals surface area contributed by atoms with Crippen molar-refractivity contribution in [1.82, 2.24) is 0 Å². The Bertz CT molecular complexity index is 356. The van der Waals surface area contributed by atoms with Crippen molar-refractivity contribution in [1.29, 1.82) is 0 Å². The summed E-state index contributed by atoms with van der Waals surface area (Å²) >= 11 is 1.71. The van der Waals surface area contributed by atoms with Crippen LogP contribution < -0.4 is 5.73 Å². The van der Waals surface area contributed by atoms with Crippen molar-refractivity contribution in [3.05, 3.63) is 29.0 Å². The lowest BCUT2D eigenvalue weighted by Gasteiger charge is -1.90. The molecule has 0 aliphatic heterocycles. The quantitative estimate of drug-likeness (QED) is 0.628. The summed E-state index contributed by atoms with van der Waals surface area (Å²) in [7, 11) is 0. The van der Waals surface area contributed by atoms with Gasteiger partial charge in [-0.2, -0.15) is 11.3 Å². The lowest BCUT2D eigenvalue weighted by atomic mass is 10.2. The Morgan fingerprint density at radius 3 is 2.64 bits per heavy atom. The molecule has 1 aromatic heterocycles. The number of anilines is 1. The highest BCUT2D eigenvalue weighted by atomic mass is 35.5. The van der Waals surface area contributed by atoms with Crippen LogP contribution in [0.2, 0.25) is 0 Å². The van der Waals surface area contributed by atoms with Crippen LogP contribution >= 0.6 is 23.7 Å². The number of benzene rings is 1. The topological polar surface area (TPSA) is 26.0 Å². The molecule has 1 nitrogen and oxygen atoms in total. The second kappa shape index (κ2) is 3.11. The normalized spacial score (nSPS) is 9.45. The SMILES string of the molecule is Cl.Nc1ccc2cscc2c1. The molecule has 0 saturated heterocycles. The summed E-state index contributed by atoms with van der Waals surface area (Å²) in [4.78, 5) is 0. The second-order valence-corrected chi connectivity index (χ2v) is 3.00. The van der Waals surface area contributed by atoms with Gasteiger partial charge in [-0.15, -0.1) is 12.4 Å². The van der Waals surface area contributed by atoms with Crippen LogP contribution in [0.15, 0.2) is 29.0 Å². The van der Waals surface area contributed by atoms with E-state index in [9.17, 15) is 0 Å². The number of thiophene rings is 1. The van der Waals surface area contributed by atoms with Crippen molar-refractivity contribution in [2.45, 2.75) is 0 Å². The maximum Gasteiger partial charge on any atom is 0.0320 e. The molecule has 58 valence electrons. The zero-order valence-corrected chi connectivity index (χ0v) is 7.41. The summed E-state index contributed by atoms with van der Waals surface area (Å²) in [6, 6.07) is 5.96. The first kappa shape index (κ1) is 8.37. The Hall–Kier alpha value is -0.730. The Morgan fingerprint density at radius 2 is 1.82 bits per heavy atom. The van der Waals surface area contributed by atoms with Crippen LogP contribution in [0.3, 0.4) is 0 Å². The average Bonchev–Trinajstić information content (AvgIpc) is 2.33. The van der Waals surface area contributed by atoms with Gasteiger partial charge in [-0.25, -0.2) is 0 Å². The molecule has 0 unspecified atom stereocenters. The first-order valence-corrected chi connectivity index (χ1v) is 4.02. The molecular formula is C8H8ClNS. The first-order valence-electron chi connectivity index (χ1n) is 3.08. The van der Waals surface area contributed by atoms with E-state index < -0.39 is 0 Å². The van der Waals surface area contributed by atoms with Crippen LogP contribution in [0.25, 0.3) is 10.8 Å². The number of nitrogen functional groups attached to an aromatic ring is 1. The van der Waals surface area contributed by atoms with Crippen molar-refractivity contribution >= 4 is 40.2 Å². The zero-order chi connectivity index (χ0) is 6.97. The second-order valence-electron chi connectivity index (χ2n) is 2.26. The molecule has 0 spiro atoms. The smallest absolute Gasteiger partial charge is 0.0320 e. The van der Waals surface area contributed by atoms with Gasteiger partial charge in [0.05, 0.1) is 0 Å². The summed E-state index contributed by atoms with van der Waals surface area (Å²) in [6.45, 7) is 0. The van der Waals surface area contributed by atoms with E-state index in [0.29, 0.717) is 0 Å². The predicted molar refractivity (Wildman–Crippen MR) is 53.5 cm³/mol. The van der Waals surface area contributed by atoms with Gasteiger partial charge in [-0.1, -0.05) is 6.07 Å². The molecule has 1 heterocycles.